The van der Waals surface area contributed by atoms with E-state index >= 15 is 0 Å². The van der Waals surface area contributed by atoms with Gasteiger partial charge in [0.1, 0.15) is 18.1 Å². The first kappa shape index (κ1) is 17.1. The van der Waals surface area contributed by atoms with Crippen LogP contribution in [-0.4, -0.2) is 23.0 Å². The SMILES string of the molecule is CC(CC(=O)O)NC(=O)c1ccc(COc2ccc(Br)cc2)o1. The van der Waals surface area contributed by atoms with Crippen LogP contribution < -0.4 is 10.1 Å². The molecule has 0 radical (unpaired) electrons. The fourth-order valence-corrected chi connectivity index (χ4v) is 2.14. The molecule has 2 N–H and O–H groups in total. The number of benzene rings is 1. The molecule has 1 aromatic carbocycles. The quantitative estimate of drug-likeness (QED) is 0.768. The van der Waals surface area contributed by atoms with Gasteiger partial charge in [0.25, 0.3) is 5.91 Å². The number of carbonyl (C=O) groups is 2. The van der Waals surface area contributed by atoms with E-state index in [9.17, 15) is 9.59 Å². The van der Waals surface area contributed by atoms with E-state index in [0.29, 0.717) is 11.5 Å². The zero-order valence-corrected chi connectivity index (χ0v) is 14.0. The fourth-order valence-electron chi connectivity index (χ4n) is 1.87. The van der Waals surface area contributed by atoms with Gasteiger partial charge in [0.05, 0.1) is 6.42 Å². The highest BCUT2D eigenvalue weighted by atomic mass is 79.9. The Labute approximate surface area is 141 Å². The number of halogens is 1. The molecule has 0 aliphatic rings. The molecular formula is C16H16BrNO5. The standard InChI is InChI=1S/C16H16BrNO5/c1-10(8-15(19)20)18-16(21)14-7-6-13(23-14)9-22-12-4-2-11(17)3-5-12/h2-7,10H,8-9H2,1H3,(H,18,21)(H,19,20). The predicted molar refractivity (Wildman–Crippen MR) is 86.4 cm³/mol. The highest BCUT2D eigenvalue weighted by Gasteiger charge is 2.15. The second kappa shape index (κ2) is 7.82. The van der Waals surface area contributed by atoms with Gasteiger partial charge in [0, 0.05) is 10.5 Å². The maximum Gasteiger partial charge on any atom is 0.305 e. The van der Waals surface area contributed by atoms with Crippen LogP contribution in [0.2, 0.25) is 0 Å². The van der Waals surface area contributed by atoms with Crippen LogP contribution in [0.25, 0.3) is 0 Å². The third-order valence-electron chi connectivity index (χ3n) is 2.94. The van der Waals surface area contributed by atoms with Crippen LogP contribution in [0.3, 0.4) is 0 Å². The molecule has 1 unspecified atom stereocenters. The predicted octanol–water partition coefficient (Wildman–Crippen LogP) is 3.21. The van der Waals surface area contributed by atoms with E-state index in [1.54, 1.807) is 13.0 Å². The van der Waals surface area contributed by atoms with E-state index in [0.717, 1.165) is 4.47 Å². The number of hydrogen-bond donors (Lipinski definition) is 2. The molecule has 7 heteroatoms. The molecule has 0 fully saturated rings. The Morgan fingerprint density at radius 1 is 1.26 bits per heavy atom. The van der Waals surface area contributed by atoms with Crippen LogP contribution in [0.1, 0.15) is 29.7 Å². The molecule has 23 heavy (non-hydrogen) atoms. The molecule has 0 bridgehead atoms. The Hall–Kier alpha value is -2.28. The van der Waals surface area contributed by atoms with Gasteiger partial charge in [-0.15, -0.1) is 0 Å². The number of carboxylic acids is 1. The van der Waals surface area contributed by atoms with Gasteiger partial charge in [-0.3, -0.25) is 9.59 Å². The highest BCUT2D eigenvalue weighted by molar-refractivity contribution is 9.10. The lowest BCUT2D eigenvalue weighted by Gasteiger charge is -2.09. The zero-order valence-electron chi connectivity index (χ0n) is 12.4. The van der Waals surface area contributed by atoms with Crippen molar-refractivity contribution in [3.63, 3.8) is 0 Å². The smallest absolute Gasteiger partial charge is 0.305 e. The Morgan fingerprint density at radius 3 is 2.61 bits per heavy atom. The zero-order chi connectivity index (χ0) is 16.8. The molecule has 0 saturated carbocycles. The summed E-state index contributed by atoms with van der Waals surface area (Å²) in [5.74, 6) is -0.110. The van der Waals surface area contributed by atoms with Crippen LogP contribution in [-0.2, 0) is 11.4 Å². The number of ether oxygens (including phenoxy) is 1. The first-order chi connectivity index (χ1) is 10.9. The van der Waals surface area contributed by atoms with Gasteiger partial charge in [0.2, 0.25) is 0 Å². The van der Waals surface area contributed by atoms with Crippen molar-refractivity contribution < 1.29 is 23.8 Å². The number of amides is 1. The Bertz CT molecular complexity index is 680. The summed E-state index contributed by atoms with van der Waals surface area (Å²) in [6.07, 6.45) is -0.147. The van der Waals surface area contributed by atoms with Crippen LogP contribution in [0.4, 0.5) is 0 Å². The maximum absolute atomic E-state index is 11.9. The first-order valence-corrected chi connectivity index (χ1v) is 7.73. The number of nitrogens with one attached hydrogen (secondary N) is 1. The summed E-state index contributed by atoms with van der Waals surface area (Å²) in [6.45, 7) is 1.81. The summed E-state index contributed by atoms with van der Waals surface area (Å²) in [7, 11) is 0. The monoisotopic (exact) mass is 381 g/mol. The van der Waals surface area contributed by atoms with Crippen molar-refractivity contribution in [3.05, 3.63) is 52.4 Å². The number of hydrogen-bond acceptors (Lipinski definition) is 4. The largest absolute Gasteiger partial charge is 0.486 e. The third kappa shape index (κ3) is 5.45. The lowest BCUT2D eigenvalue weighted by atomic mass is 10.2. The Balaban J connectivity index is 1.88. The summed E-state index contributed by atoms with van der Waals surface area (Å²) < 4.78 is 11.9. The van der Waals surface area contributed by atoms with Gasteiger partial charge in [0.15, 0.2) is 5.76 Å². The minimum atomic E-state index is -0.971. The van der Waals surface area contributed by atoms with E-state index < -0.39 is 17.9 Å². The van der Waals surface area contributed by atoms with E-state index in [1.165, 1.54) is 6.07 Å². The topological polar surface area (TPSA) is 88.8 Å². The number of furan rings is 1. The minimum Gasteiger partial charge on any atom is -0.486 e. The van der Waals surface area contributed by atoms with Gasteiger partial charge < -0.3 is 19.6 Å². The van der Waals surface area contributed by atoms with Gasteiger partial charge in [-0.05, 0) is 43.3 Å². The van der Waals surface area contributed by atoms with Crippen LogP contribution in [0.5, 0.6) is 5.75 Å². The van der Waals surface area contributed by atoms with Crippen molar-refractivity contribution in [2.75, 3.05) is 0 Å². The number of aliphatic carboxylic acids is 1. The minimum absolute atomic E-state index is 0.122. The van der Waals surface area contributed by atoms with Gasteiger partial charge >= 0.3 is 5.97 Å². The van der Waals surface area contributed by atoms with Gasteiger partial charge in [-0.25, -0.2) is 0 Å². The van der Waals surface area contributed by atoms with E-state index in [4.69, 9.17) is 14.3 Å². The third-order valence-corrected chi connectivity index (χ3v) is 3.47. The summed E-state index contributed by atoms with van der Waals surface area (Å²) in [5, 5.41) is 11.2. The summed E-state index contributed by atoms with van der Waals surface area (Å²) in [6, 6.07) is 10.1. The molecular weight excluding hydrogens is 366 g/mol. The van der Waals surface area contributed by atoms with Crippen molar-refractivity contribution in [3.8, 4) is 5.75 Å². The van der Waals surface area contributed by atoms with E-state index in [1.807, 2.05) is 24.3 Å². The average Bonchev–Trinajstić information content (AvgIpc) is 2.94. The molecule has 2 aromatic rings. The highest BCUT2D eigenvalue weighted by Crippen LogP contribution is 2.18. The molecule has 1 aromatic heterocycles. The molecule has 0 saturated heterocycles. The molecule has 2 rings (SSSR count). The van der Waals surface area contributed by atoms with E-state index in [-0.39, 0.29) is 18.8 Å². The van der Waals surface area contributed by atoms with Crippen LogP contribution in [0, 0.1) is 0 Å². The average molecular weight is 382 g/mol. The lowest BCUT2D eigenvalue weighted by Crippen LogP contribution is -2.33. The number of carbonyl (C=O) groups excluding carboxylic acids is 1. The summed E-state index contributed by atoms with van der Waals surface area (Å²) in [4.78, 5) is 22.5. The molecule has 0 aliphatic heterocycles. The second-order valence-corrected chi connectivity index (χ2v) is 5.90. The van der Waals surface area contributed by atoms with Crippen molar-refractivity contribution in [2.24, 2.45) is 0 Å². The number of carboxylic acid groups (broad SMARTS) is 1. The lowest BCUT2D eigenvalue weighted by molar-refractivity contribution is -0.137. The molecule has 122 valence electrons. The Kier molecular flexibility index (Phi) is 5.81. The molecule has 1 amide bonds. The Morgan fingerprint density at radius 2 is 1.96 bits per heavy atom. The van der Waals surface area contributed by atoms with Gasteiger partial charge in [-0.2, -0.15) is 0 Å². The van der Waals surface area contributed by atoms with Crippen molar-refractivity contribution in [1.82, 2.24) is 5.32 Å². The fraction of sp³-hybridized carbons (Fsp3) is 0.250. The van der Waals surface area contributed by atoms with Gasteiger partial charge in [-0.1, -0.05) is 15.9 Å². The molecule has 6 nitrogen and oxygen atoms in total. The van der Waals surface area contributed by atoms with Crippen LogP contribution in [0.15, 0.2) is 45.3 Å². The normalized spacial score (nSPS) is 11.7. The molecule has 1 heterocycles. The van der Waals surface area contributed by atoms with Crippen molar-refractivity contribution in [1.29, 1.82) is 0 Å². The number of rotatable bonds is 7. The van der Waals surface area contributed by atoms with Crippen molar-refractivity contribution in [2.45, 2.75) is 26.0 Å². The molecule has 0 spiro atoms. The van der Waals surface area contributed by atoms with Crippen LogP contribution >= 0.6 is 15.9 Å². The van der Waals surface area contributed by atoms with Crippen molar-refractivity contribution >= 4 is 27.8 Å². The maximum atomic E-state index is 11.9. The summed E-state index contributed by atoms with van der Waals surface area (Å²) in [5.41, 5.74) is 0. The first-order valence-electron chi connectivity index (χ1n) is 6.94. The molecule has 1 atom stereocenters. The molecule has 0 aliphatic carbocycles. The van der Waals surface area contributed by atoms with E-state index in [2.05, 4.69) is 21.2 Å². The second-order valence-electron chi connectivity index (χ2n) is 4.98. The summed E-state index contributed by atoms with van der Waals surface area (Å²) >= 11 is 3.34.